The van der Waals surface area contributed by atoms with Gasteiger partial charge in [-0.2, -0.15) is 0 Å². The van der Waals surface area contributed by atoms with Gasteiger partial charge >= 0.3 is 0 Å². The van der Waals surface area contributed by atoms with Crippen LogP contribution in [-0.2, 0) is 11.2 Å². The molecular weight excluding hydrogens is 268 g/mol. The third kappa shape index (κ3) is 5.02. The topological polar surface area (TPSA) is 61.8 Å². The van der Waals surface area contributed by atoms with E-state index in [1.807, 2.05) is 30.1 Å². The molecule has 2 rings (SSSR count). The van der Waals surface area contributed by atoms with Gasteiger partial charge in [-0.25, -0.2) is 0 Å². The average molecular weight is 292 g/mol. The largest absolute Gasteiger partial charge is 0.492 e. The maximum atomic E-state index is 11.3. The Balaban J connectivity index is 1.83. The van der Waals surface area contributed by atoms with Crippen LogP contribution in [0.4, 0.5) is 5.69 Å². The number of carbonyl (C=O) groups excluding carboxylic acids is 1. The summed E-state index contributed by atoms with van der Waals surface area (Å²) in [6, 6.07) is 5.76. The SMILES string of the molecule is CN(CCOc1ccc2c(c1)CCC(=O)N2)CC(C)(C)O. The molecule has 1 amide bonds. The van der Waals surface area contributed by atoms with E-state index >= 15 is 0 Å². The molecule has 21 heavy (non-hydrogen) atoms. The zero-order chi connectivity index (χ0) is 15.5. The normalized spacial score (nSPS) is 14.8. The highest BCUT2D eigenvalue weighted by atomic mass is 16.5. The van der Waals surface area contributed by atoms with Gasteiger partial charge in [0.05, 0.1) is 5.60 Å². The second-order valence-electron chi connectivity index (χ2n) is 6.27. The number of likely N-dealkylation sites (N-methyl/N-ethyl adjacent to an activating group) is 1. The molecule has 0 fully saturated rings. The van der Waals surface area contributed by atoms with Crippen molar-refractivity contribution >= 4 is 11.6 Å². The van der Waals surface area contributed by atoms with Crippen LogP contribution in [0, 0.1) is 0 Å². The first-order valence-electron chi connectivity index (χ1n) is 7.30. The molecule has 0 aliphatic carbocycles. The van der Waals surface area contributed by atoms with E-state index in [4.69, 9.17) is 4.74 Å². The van der Waals surface area contributed by atoms with Crippen LogP contribution in [0.3, 0.4) is 0 Å². The molecule has 2 N–H and O–H groups in total. The van der Waals surface area contributed by atoms with E-state index in [2.05, 4.69) is 5.32 Å². The molecule has 0 saturated heterocycles. The summed E-state index contributed by atoms with van der Waals surface area (Å²) in [5.41, 5.74) is 1.31. The predicted molar refractivity (Wildman–Crippen MR) is 82.7 cm³/mol. The van der Waals surface area contributed by atoms with E-state index in [1.165, 1.54) is 0 Å². The molecule has 1 aromatic rings. The van der Waals surface area contributed by atoms with E-state index in [1.54, 1.807) is 13.8 Å². The first kappa shape index (κ1) is 15.8. The van der Waals surface area contributed by atoms with Gasteiger partial charge in [-0.05, 0) is 51.1 Å². The number of amides is 1. The second-order valence-corrected chi connectivity index (χ2v) is 6.27. The van der Waals surface area contributed by atoms with Gasteiger partial charge in [-0.3, -0.25) is 4.79 Å². The van der Waals surface area contributed by atoms with E-state index < -0.39 is 5.60 Å². The predicted octanol–water partition coefficient (Wildman–Crippen LogP) is 1.65. The van der Waals surface area contributed by atoms with Gasteiger partial charge in [0, 0.05) is 25.2 Å². The number of rotatable bonds is 6. The first-order chi connectivity index (χ1) is 9.83. The lowest BCUT2D eigenvalue weighted by atomic mass is 10.0. The van der Waals surface area contributed by atoms with Crippen LogP contribution in [0.15, 0.2) is 18.2 Å². The fraction of sp³-hybridized carbons (Fsp3) is 0.562. The molecule has 1 aliphatic rings. The summed E-state index contributed by atoms with van der Waals surface area (Å²) < 4.78 is 5.75. The van der Waals surface area contributed by atoms with Crippen molar-refractivity contribution in [1.29, 1.82) is 0 Å². The van der Waals surface area contributed by atoms with Crippen molar-refractivity contribution in [3.63, 3.8) is 0 Å². The minimum absolute atomic E-state index is 0.0735. The average Bonchev–Trinajstić information content (AvgIpc) is 2.36. The Morgan fingerprint density at radius 1 is 1.38 bits per heavy atom. The lowest BCUT2D eigenvalue weighted by Crippen LogP contribution is -2.38. The number of hydrogen-bond donors (Lipinski definition) is 2. The first-order valence-corrected chi connectivity index (χ1v) is 7.30. The monoisotopic (exact) mass is 292 g/mol. The molecule has 0 unspecified atom stereocenters. The maximum absolute atomic E-state index is 11.3. The maximum Gasteiger partial charge on any atom is 0.224 e. The number of benzene rings is 1. The van der Waals surface area contributed by atoms with Gasteiger partial charge in [0.2, 0.25) is 5.91 Å². The number of nitrogens with zero attached hydrogens (tertiary/aromatic N) is 1. The van der Waals surface area contributed by atoms with E-state index in [-0.39, 0.29) is 5.91 Å². The molecule has 5 nitrogen and oxygen atoms in total. The summed E-state index contributed by atoms with van der Waals surface area (Å²) >= 11 is 0. The number of anilines is 1. The fourth-order valence-corrected chi connectivity index (χ4v) is 2.51. The van der Waals surface area contributed by atoms with Gasteiger partial charge in [0.25, 0.3) is 0 Å². The Morgan fingerprint density at radius 2 is 2.14 bits per heavy atom. The summed E-state index contributed by atoms with van der Waals surface area (Å²) in [6.07, 6.45) is 1.29. The number of aryl methyl sites for hydroxylation is 1. The second kappa shape index (κ2) is 6.45. The Labute approximate surface area is 125 Å². The molecule has 5 heteroatoms. The summed E-state index contributed by atoms with van der Waals surface area (Å²) in [5.74, 6) is 0.894. The summed E-state index contributed by atoms with van der Waals surface area (Å²) in [6.45, 7) is 5.51. The van der Waals surface area contributed by atoms with Crippen LogP contribution in [0.25, 0.3) is 0 Å². The van der Waals surface area contributed by atoms with E-state index in [0.717, 1.165) is 30.0 Å². The molecule has 0 spiro atoms. The molecule has 116 valence electrons. The standard InChI is InChI=1S/C16H24N2O3/c1-16(2,20)11-18(3)8-9-21-13-5-6-14-12(10-13)4-7-15(19)17-14/h5-6,10,20H,4,7-9,11H2,1-3H3,(H,17,19). The molecule has 0 saturated carbocycles. The molecule has 1 aliphatic heterocycles. The minimum Gasteiger partial charge on any atom is -0.492 e. The van der Waals surface area contributed by atoms with E-state index in [9.17, 15) is 9.90 Å². The third-order valence-corrected chi connectivity index (χ3v) is 3.37. The fourth-order valence-electron chi connectivity index (χ4n) is 2.51. The number of aliphatic hydroxyl groups is 1. The number of carbonyl (C=O) groups is 1. The highest BCUT2D eigenvalue weighted by molar-refractivity contribution is 5.93. The molecule has 1 heterocycles. The minimum atomic E-state index is -0.696. The van der Waals surface area contributed by atoms with Crippen molar-refractivity contribution in [2.75, 3.05) is 32.1 Å². The van der Waals surface area contributed by atoms with Crippen LogP contribution in [0.2, 0.25) is 0 Å². The smallest absolute Gasteiger partial charge is 0.224 e. The van der Waals surface area contributed by atoms with Crippen LogP contribution in [0.5, 0.6) is 5.75 Å². The van der Waals surface area contributed by atoms with Gasteiger partial charge in [0.15, 0.2) is 0 Å². The van der Waals surface area contributed by atoms with Gasteiger partial charge in [-0.15, -0.1) is 0 Å². The molecule has 0 bridgehead atoms. The van der Waals surface area contributed by atoms with Crippen molar-refractivity contribution in [2.45, 2.75) is 32.3 Å². The highest BCUT2D eigenvalue weighted by Crippen LogP contribution is 2.26. The Hall–Kier alpha value is -1.59. The molecule has 0 aromatic heterocycles. The third-order valence-electron chi connectivity index (χ3n) is 3.37. The van der Waals surface area contributed by atoms with Crippen LogP contribution < -0.4 is 10.1 Å². The Bertz CT molecular complexity index is 509. The van der Waals surface area contributed by atoms with Crippen LogP contribution in [-0.4, -0.2) is 48.3 Å². The lowest BCUT2D eigenvalue weighted by Gasteiger charge is -2.25. The van der Waals surface area contributed by atoms with Gasteiger partial charge < -0.3 is 20.1 Å². The number of nitrogens with one attached hydrogen (secondary N) is 1. The van der Waals surface area contributed by atoms with Gasteiger partial charge in [-0.1, -0.05) is 0 Å². The Kier molecular flexibility index (Phi) is 4.85. The van der Waals surface area contributed by atoms with Crippen LogP contribution in [0.1, 0.15) is 25.8 Å². The quantitative estimate of drug-likeness (QED) is 0.837. The number of fused-ring (bicyclic) bond motifs is 1. The zero-order valence-corrected chi connectivity index (χ0v) is 13.0. The van der Waals surface area contributed by atoms with Crippen LogP contribution >= 0.6 is 0 Å². The lowest BCUT2D eigenvalue weighted by molar-refractivity contribution is -0.116. The van der Waals surface area contributed by atoms with Crippen molar-refractivity contribution in [1.82, 2.24) is 4.90 Å². The molecule has 0 radical (unpaired) electrons. The zero-order valence-electron chi connectivity index (χ0n) is 13.0. The van der Waals surface area contributed by atoms with Crippen molar-refractivity contribution in [3.8, 4) is 5.75 Å². The molecule has 1 aromatic carbocycles. The number of hydrogen-bond acceptors (Lipinski definition) is 4. The van der Waals surface area contributed by atoms with Crippen molar-refractivity contribution < 1.29 is 14.6 Å². The summed E-state index contributed by atoms with van der Waals surface area (Å²) in [5, 5.41) is 12.6. The summed E-state index contributed by atoms with van der Waals surface area (Å²) in [4.78, 5) is 13.3. The van der Waals surface area contributed by atoms with Crippen molar-refractivity contribution in [2.24, 2.45) is 0 Å². The Morgan fingerprint density at radius 3 is 2.86 bits per heavy atom. The van der Waals surface area contributed by atoms with Gasteiger partial charge in [0.1, 0.15) is 12.4 Å². The highest BCUT2D eigenvalue weighted by Gasteiger charge is 2.16. The summed E-state index contributed by atoms with van der Waals surface area (Å²) in [7, 11) is 1.96. The van der Waals surface area contributed by atoms with Crippen molar-refractivity contribution in [3.05, 3.63) is 23.8 Å². The molecule has 0 atom stereocenters. The molecular formula is C16H24N2O3. The van der Waals surface area contributed by atoms with E-state index in [0.29, 0.717) is 19.6 Å². The number of ether oxygens (including phenoxy) is 1.